The number of rotatable bonds is 8. The summed E-state index contributed by atoms with van der Waals surface area (Å²) in [6, 6.07) is 8.65. The third-order valence-electron chi connectivity index (χ3n) is 4.89. The number of ether oxygens (including phenoxy) is 1. The second-order valence-electron chi connectivity index (χ2n) is 6.93. The maximum absolute atomic E-state index is 12.7. The summed E-state index contributed by atoms with van der Waals surface area (Å²) in [5.74, 6) is 0.615. The second kappa shape index (κ2) is 9.19. The van der Waals surface area contributed by atoms with Crippen molar-refractivity contribution in [3.8, 4) is 0 Å². The Hall–Kier alpha value is -1.39. The van der Waals surface area contributed by atoms with Crippen LogP contribution >= 0.6 is 0 Å². The molecule has 1 amide bonds. The number of hydrogen-bond acceptors (Lipinski definition) is 3. The first-order chi connectivity index (χ1) is 11.5. The van der Waals surface area contributed by atoms with E-state index in [0.29, 0.717) is 12.0 Å². The van der Waals surface area contributed by atoms with E-state index < -0.39 is 0 Å². The Morgan fingerprint density at radius 2 is 1.92 bits per heavy atom. The van der Waals surface area contributed by atoms with E-state index in [1.54, 1.807) is 0 Å². The van der Waals surface area contributed by atoms with Crippen molar-refractivity contribution < 1.29 is 9.53 Å². The van der Waals surface area contributed by atoms with Crippen LogP contribution in [0, 0.1) is 5.92 Å². The topological polar surface area (TPSA) is 32.8 Å². The smallest absolute Gasteiger partial charge is 0.253 e. The molecule has 1 aromatic rings. The molecule has 0 saturated carbocycles. The summed E-state index contributed by atoms with van der Waals surface area (Å²) in [6.07, 6.45) is 1.06. The summed E-state index contributed by atoms with van der Waals surface area (Å²) in [5.41, 5.74) is 2.04. The summed E-state index contributed by atoms with van der Waals surface area (Å²) in [5, 5.41) is 0. The van der Waals surface area contributed by atoms with Crippen molar-refractivity contribution in [3.05, 3.63) is 35.4 Å². The van der Waals surface area contributed by atoms with E-state index in [1.807, 2.05) is 24.0 Å². The summed E-state index contributed by atoms with van der Waals surface area (Å²) in [4.78, 5) is 17.1. The van der Waals surface area contributed by atoms with E-state index in [0.717, 1.165) is 51.4 Å². The van der Waals surface area contributed by atoms with Crippen LogP contribution in [0.2, 0.25) is 0 Å². The van der Waals surface area contributed by atoms with Crippen molar-refractivity contribution in [2.45, 2.75) is 46.7 Å². The Bertz CT molecular complexity index is 507. The van der Waals surface area contributed by atoms with Gasteiger partial charge in [0.15, 0.2) is 0 Å². The number of benzene rings is 1. The van der Waals surface area contributed by atoms with Crippen LogP contribution in [0.1, 0.15) is 50.0 Å². The molecule has 1 aliphatic rings. The normalized spacial score (nSPS) is 17.7. The van der Waals surface area contributed by atoms with Crippen LogP contribution in [0.15, 0.2) is 24.3 Å². The van der Waals surface area contributed by atoms with Gasteiger partial charge in [-0.1, -0.05) is 19.1 Å². The molecule has 4 nitrogen and oxygen atoms in total. The second-order valence-corrected chi connectivity index (χ2v) is 6.93. The van der Waals surface area contributed by atoms with Gasteiger partial charge in [0.2, 0.25) is 0 Å². The van der Waals surface area contributed by atoms with Crippen LogP contribution in [-0.4, -0.2) is 54.6 Å². The van der Waals surface area contributed by atoms with Gasteiger partial charge in [-0.2, -0.15) is 0 Å². The summed E-state index contributed by atoms with van der Waals surface area (Å²) >= 11 is 0. The van der Waals surface area contributed by atoms with Crippen LogP contribution in [0.3, 0.4) is 0 Å². The lowest BCUT2D eigenvalue weighted by Gasteiger charge is -2.25. The number of nitrogens with zero attached hydrogens (tertiary/aromatic N) is 2. The van der Waals surface area contributed by atoms with Gasteiger partial charge in [-0.05, 0) is 51.4 Å². The lowest BCUT2D eigenvalue weighted by Crippen LogP contribution is -2.35. The van der Waals surface area contributed by atoms with Crippen molar-refractivity contribution >= 4 is 5.91 Å². The average Bonchev–Trinajstić information content (AvgIpc) is 3.10. The van der Waals surface area contributed by atoms with Gasteiger partial charge in [0.1, 0.15) is 0 Å². The molecule has 1 atom stereocenters. The molecule has 0 unspecified atom stereocenters. The van der Waals surface area contributed by atoms with Gasteiger partial charge >= 0.3 is 0 Å². The van der Waals surface area contributed by atoms with Gasteiger partial charge in [-0.15, -0.1) is 0 Å². The molecule has 24 heavy (non-hydrogen) atoms. The van der Waals surface area contributed by atoms with E-state index in [9.17, 15) is 4.79 Å². The molecule has 1 fully saturated rings. The largest absolute Gasteiger partial charge is 0.381 e. The summed E-state index contributed by atoms with van der Waals surface area (Å²) in [6.45, 7) is 13.8. The van der Waals surface area contributed by atoms with Crippen molar-refractivity contribution in [1.29, 1.82) is 0 Å². The van der Waals surface area contributed by atoms with Crippen molar-refractivity contribution in [3.63, 3.8) is 0 Å². The third-order valence-corrected chi connectivity index (χ3v) is 4.89. The van der Waals surface area contributed by atoms with Crippen LogP contribution in [0.5, 0.6) is 0 Å². The SMILES string of the molecule is CCN(C[C@@H]1CCOC1)C(=O)c1ccc(CN(CC)C(C)C)cc1. The van der Waals surface area contributed by atoms with Gasteiger partial charge in [-0.3, -0.25) is 9.69 Å². The predicted molar refractivity (Wildman–Crippen MR) is 98.2 cm³/mol. The van der Waals surface area contributed by atoms with Gasteiger partial charge in [0.25, 0.3) is 5.91 Å². The fraction of sp³-hybridized carbons (Fsp3) is 0.650. The van der Waals surface area contributed by atoms with E-state index in [4.69, 9.17) is 4.74 Å². The Morgan fingerprint density at radius 1 is 1.21 bits per heavy atom. The van der Waals surface area contributed by atoms with Crippen LogP contribution in [0.4, 0.5) is 0 Å². The van der Waals surface area contributed by atoms with Crippen molar-refractivity contribution in [2.24, 2.45) is 5.92 Å². The molecule has 134 valence electrons. The molecule has 1 aliphatic heterocycles. The molecule has 1 aromatic carbocycles. The summed E-state index contributed by atoms with van der Waals surface area (Å²) in [7, 11) is 0. The quantitative estimate of drug-likeness (QED) is 0.731. The zero-order chi connectivity index (χ0) is 17.5. The molecule has 0 aliphatic carbocycles. The highest BCUT2D eigenvalue weighted by atomic mass is 16.5. The molecule has 0 aromatic heterocycles. The van der Waals surface area contributed by atoms with Gasteiger partial charge in [0.05, 0.1) is 6.61 Å². The minimum atomic E-state index is 0.132. The Morgan fingerprint density at radius 3 is 2.42 bits per heavy atom. The third kappa shape index (κ3) is 5.05. The lowest BCUT2D eigenvalue weighted by atomic mass is 10.1. The molecule has 0 spiro atoms. The van der Waals surface area contributed by atoms with Gasteiger partial charge in [0, 0.05) is 43.8 Å². The maximum atomic E-state index is 12.7. The fourth-order valence-corrected chi connectivity index (χ4v) is 3.22. The molecule has 0 radical (unpaired) electrons. The maximum Gasteiger partial charge on any atom is 0.253 e. The van der Waals surface area contributed by atoms with Crippen LogP contribution in [-0.2, 0) is 11.3 Å². The molecule has 0 N–H and O–H groups in total. The highest BCUT2D eigenvalue weighted by molar-refractivity contribution is 5.94. The molecule has 2 rings (SSSR count). The highest BCUT2D eigenvalue weighted by Gasteiger charge is 2.22. The molecule has 1 heterocycles. The van der Waals surface area contributed by atoms with E-state index in [2.05, 4.69) is 37.8 Å². The Labute approximate surface area is 146 Å². The molecule has 4 heteroatoms. The zero-order valence-electron chi connectivity index (χ0n) is 15.6. The monoisotopic (exact) mass is 332 g/mol. The number of carbonyl (C=O) groups excluding carboxylic acids is 1. The Kier molecular flexibility index (Phi) is 7.25. The molecule has 1 saturated heterocycles. The van der Waals surface area contributed by atoms with E-state index in [1.165, 1.54) is 5.56 Å². The van der Waals surface area contributed by atoms with E-state index >= 15 is 0 Å². The van der Waals surface area contributed by atoms with Crippen LogP contribution in [0.25, 0.3) is 0 Å². The zero-order valence-corrected chi connectivity index (χ0v) is 15.6. The number of hydrogen-bond donors (Lipinski definition) is 0. The fourth-order valence-electron chi connectivity index (χ4n) is 3.22. The summed E-state index contributed by atoms with van der Waals surface area (Å²) < 4.78 is 5.43. The predicted octanol–water partition coefficient (Wildman–Crippen LogP) is 3.42. The van der Waals surface area contributed by atoms with E-state index in [-0.39, 0.29) is 5.91 Å². The van der Waals surface area contributed by atoms with Crippen LogP contribution < -0.4 is 0 Å². The Balaban J connectivity index is 1.98. The van der Waals surface area contributed by atoms with Gasteiger partial charge < -0.3 is 9.64 Å². The minimum Gasteiger partial charge on any atom is -0.381 e. The molecule has 0 bridgehead atoms. The number of amides is 1. The minimum absolute atomic E-state index is 0.132. The van der Waals surface area contributed by atoms with Gasteiger partial charge in [-0.25, -0.2) is 0 Å². The first-order valence-electron chi connectivity index (χ1n) is 9.25. The van der Waals surface area contributed by atoms with Crippen molar-refractivity contribution in [2.75, 3.05) is 32.8 Å². The lowest BCUT2D eigenvalue weighted by molar-refractivity contribution is 0.0731. The highest BCUT2D eigenvalue weighted by Crippen LogP contribution is 2.16. The first-order valence-corrected chi connectivity index (χ1v) is 9.25. The molecular weight excluding hydrogens is 300 g/mol. The number of carbonyl (C=O) groups is 1. The first kappa shape index (κ1) is 18.9. The standard InChI is InChI=1S/C20H32N2O2/c1-5-21(16(3)4)13-17-7-9-19(10-8-17)20(23)22(6-2)14-18-11-12-24-15-18/h7-10,16,18H,5-6,11-15H2,1-4H3/t18-/m0/s1. The average molecular weight is 332 g/mol. The molecular formula is C20H32N2O2. The van der Waals surface area contributed by atoms with Crippen molar-refractivity contribution in [1.82, 2.24) is 9.80 Å².